The molecule has 0 saturated heterocycles. The fourth-order valence-electron chi connectivity index (χ4n) is 3.02. The summed E-state index contributed by atoms with van der Waals surface area (Å²) < 4.78 is 71.9. The molecular weight excluding hydrogens is 423 g/mol. The lowest BCUT2D eigenvalue weighted by atomic mass is 9.92. The highest BCUT2D eigenvalue weighted by Gasteiger charge is 2.42. The topological polar surface area (TPSA) is 107 Å². The average Bonchev–Trinajstić information content (AvgIpc) is 2.82. The fourth-order valence-corrected chi connectivity index (χ4v) is 5.22. The third kappa shape index (κ3) is 4.06. The lowest BCUT2D eigenvalue weighted by Crippen LogP contribution is -2.24. The summed E-state index contributed by atoms with van der Waals surface area (Å²) >= 11 is 0. The molecule has 0 radical (unpaired) electrons. The van der Waals surface area contributed by atoms with E-state index >= 15 is 0 Å². The minimum Gasteiger partial charge on any atom is -0.456 e. The molecule has 1 heterocycles. The van der Waals surface area contributed by atoms with Crippen molar-refractivity contribution in [1.29, 1.82) is 0 Å². The smallest absolute Gasteiger partial charge is 0.281 e. The Bertz CT molecular complexity index is 1180. The van der Waals surface area contributed by atoms with Gasteiger partial charge in [0.05, 0.1) is 16.8 Å². The van der Waals surface area contributed by atoms with E-state index in [1.165, 1.54) is 30.3 Å². The van der Waals surface area contributed by atoms with Gasteiger partial charge in [0.25, 0.3) is 17.7 Å². The molecule has 0 fully saturated rings. The zero-order chi connectivity index (χ0) is 21.6. The summed E-state index contributed by atoms with van der Waals surface area (Å²) in [5, 5.41) is 10.3. The maximum absolute atomic E-state index is 13.5. The Morgan fingerprint density at radius 3 is 2.24 bits per heavy atom. The minimum atomic E-state index is -4.52. The van der Waals surface area contributed by atoms with Crippen LogP contribution in [0.3, 0.4) is 0 Å². The molecule has 0 amide bonds. The summed E-state index contributed by atoms with van der Waals surface area (Å²) in [6.07, 6.45) is -0.809. The maximum atomic E-state index is 13.5. The molecule has 3 rings (SSSR count). The zero-order valence-electron chi connectivity index (χ0n) is 15.8. The summed E-state index contributed by atoms with van der Waals surface area (Å²) in [6.45, 7) is 3.35. The minimum absolute atomic E-state index is 0.0271. The molecule has 1 N–H and O–H groups in total. The normalized spacial score (nSPS) is 19.4. The molecule has 0 spiro atoms. The van der Waals surface area contributed by atoms with Gasteiger partial charge in [-0.05, 0) is 43.7 Å². The Morgan fingerprint density at radius 1 is 1.07 bits per heavy atom. The van der Waals surface area contributed by atoms with Crippen LogP contribution >= 0.6 is 0 Å². The second-order valence-corrected chi connectivity index (χ2v) is 12.9. The highest BCUT2D eigenvalue weighted by Crippen LogP contribution is 2.42. The van der Waals surface area contributed by atoms with Gasteiger partial charge in [-0.15, -0.1) is 0 Å². The molecule has 10 heteroatoms. The van der Waals surface area contributed by atoms with E-state index in [4.69, 9.17) is 9.47 Å². The molecule has 1 aliphatic heterocycles. The Hall–Kier alpha value is -2.27. The van der Waals surface area contributed by atoms with Gasteiger partial charge >= 0.3 is 0 Å². The zero-order valence-corrected chi connectivity index (χ0v) is 17.4. The van der Waals surface area contributed by atoms with Crippen molar-refractivity contribution < 1.29 is 35.8 Å². The van der Waals surface area contributed by atoms with Crippen molar-refractivity contribution in [2.75, 3.05) is 6.26 Å². The molecule has 29 heavy (non-hydrogen) atoms. The van der Waals surface area contributed by atoms with E-state index in [0.717, 1.165) is 18.2 Å². The molecule has 156 valence electrons. The molecule has 0 aromatic heterocycles. The Morgan fingerprint density at radius 2 is 1.69 bits per heavy atom. The number of aliphatic hydroxyl groups is 1. The van der Waals surface area contributed by atoms with Gasteiger partial charge in [0.1, 0.15) is 11.6 Å². The van der Waals surface area contributed by atoms with Crippen LogP contribution < -0.4 is 4.74 Å². The summed E-state index contributed by atoms with van der Waals surface area (Å²) in [4.78, 5) is -0.380. The number of ether oxygens (including phenoxy) is 2. The van der Waals surface area contributed by atoms with Crippen molar-refractivity contribution >= 4 is 23.3 Å². The molecule has 0 bridgehead atoms. The lowest BCUT2D eigenvalue weighted by molar-refractivity contribution is -0.121. The van der Waals surface area contributed by atoms with Crippen LogP contribution in [0.4, 0.5) is 4.39 Å². The van der Waals surface area contributed by atoms with Crippen molar-refractivity contribution in [2.24, 2.45) is 0 Å². The molecule has 2 aromatic carbocycles. The number of hydrogen-bond acceptors (Lipinski definition) is 7. The summed E-state index contributed by atoms with van der Waals surface area (Å²) in [5.74, 6) is -0.346. The first-order chi connectivity index (χ1) is 13.3. The maximum Gasteiger partial charge on any atom is 0.281 e. The molecule has 7 nitrogen and oxygen atoms in total. The van der Waals surface area contributed by atoms with Gasteiger partial charge in [-0.3, -0.25) is 0 Å². The number of aliphatic hydroxyl groups excluding tert-OH is 1. The third-order valence-corrected chi connectivity index (χ3v) is 8.95. The van der Waals surface area contributed by atoms with Crippen molar-refractivity contribution in [3.05, 3.63) is 65.7 Å². The fraction of sp³-hybridized carbons (Fsp3) is 0.263. The van der Waals surface area contributed by atoms with Crippen LogP contribution in [-0.2, 0) is 22.5 Å². The number of hydrogen-bond donors (Lipinski definition) is 1. The number of halogens is 1. The molecule has 0 aliphatic carbocycles. The quantitative estimate of drug-likeness (QED) is 0.709. The standard InChI is InChI=1S/C19H19FO7S2/c1-19(2)16(12-7-9-15(10-8-12)29(24,25)28(3,22)23)17(18(21)27-19)26-14-6-4-5-13(20)11-14/h4-11,18,21H,1-3H3. The van der Waals surface area contributed by atoms with Crippen LogP contribution in [0.1, 0.15) is 19.4 Å². The molecular formula is C19H19FO7S2. The highest BCUT2D eigenvalue weighted by atomic mass is 33.2. The average molecular weight is 442 g/mol. The van der Waals surface area contributed by atoms with E-state index in [1.54, 1.807) is 13.8 Å². The van der Waals surface area contributed by atoms with Crippen LogP contribution in [-0.4, -0.2) is 40.1 Å². The van der Waals surface area contributed by atoms with Crippen LogP contribution in [0.5, 0.6) is 5.75 Å². The largest absolute Gasteiger partial charge is 0.456 e. The molecule has 2 aromatic rings. The van der Waals surface area contributed by atoms with E-state index in [0.29, 0.717) is 17.4 Å². The first-order valence-corrected chi connectivity index (χ1v) is 12.3. The number of rotatable bonds is 5. The van der Waals surface area contributed by atoms with E-state index in [2.05, 4.69) is 0 Å². The highest BCUT2D eigenvalue weighted by molar-refractivity contribution is 8.66. The Kier molecular flexibility index (Phi) is 5.33. The van der Waals surface area contributed by atoms with Crippen LogP contribution in [0, 0.1) is 5.82 Å². The SMILES string of the molecule is CC1(C)OC(O)C(Oc2cccc(F)c2)=C1c1ccc(S(=O)(=O)S(C)(=O)=O)cc1. The van der Waals surface area contributed by atoms with E-state index in [9.17, 15) is 26.3 Å². The molecule has 1 unspecified atom stereocenters. The van der Waals surface area contributed by atoms with Crippen molar-refractivity contribution in [3.8, 4) is 5.75 Å². The van der Waals surface area contributed by atoms with Crippen LogP contribution in [0.15, 0.2) is 59.2 Å². The van der Waals surface area contributed by atoms with Gasteiger partial charge in [-0.1, -0.05) is 18.2 Å². The number of benzene rings is 2. The monoisotopic (exact) mass is 442 g/mol. The Balaban J connectivity index is 2.08. The molecule has 1 aliphatic rings. The van der Waals surface area contributed by atoms with Crippen LogP contribution in [0.25, 0.3) is 5.57 Å². The second kappa shape index (κ2) is 7.21. The molecule has 1 atom stereocenters. The van der Waals surface area contributed by atoms with Gasteiger partial charge in [0.15, 0.2) is 5.76 Å². The predicted octanol–water partition coefficient (Wildman–Crippen LogP) is 2.48. The van der Waals surface area contributed by atoms with Gasteiger partial charge in [0, 0.05) is 11.6 Å². The van der Waals surface area contributed by atoms with Crippen LogP contribution in [0.2, 0.25) is 0 Å². The van der Waals surface area contributed by atoms with Crippen molar-refractivity contribution in [3.63, 3.8) is 0 Å². The van der Waals surface area contributed by atoms with E-state index in [-0.39, 0.29) is 16.4 Å². The summed E-state index contributed by atoms with van der Waals surface area (Å²) in [5.41, 5.74) is -0.151. The first-order valence-electron chi connectivity index (χ1n) is 8.42. The van der Waals surface area contributed by atoms with Gasteiger partial charge < -0.3 is 14.6 Å². The van der Waals surface area contributed by atoms with Crippen molar-refractivity contribution in [1.82, 2.24) is 0 Å². The van der Waals surface area contributed by atoms with Gasteiger partial charge in [0.2, 0.25) is 6.29 Å². The van der Waals surface area contributed by atoms with Gasteiger partial charge in [-0.25, -0.2) is 21.2 Å². The van der Waals surface area contributed by atoms with E-state index in [1.807, 2.05) is 0 Å². The lowest BCUT2D eigenvalue weighted by Gasteiger charge is -2.22. The van der Waals surface area contributed by atoms with E-state index < -0.39 is 35.4 Å². The third-order valence-electron chi connectivity index (χ3n) is 4.33. The summed E-state index contributed by atoms with van der Waals surface area (Å²) in [7, 11) is -8.86. The first kappa shape index (κ1) is 21.4. The van der Waals surface area contributed by atoms with Gasteiger partial charge in [-0.2, -0.15) is 0 Å². The predicted molar refractivity (Wildman–Crippen MR) is 104 cm³/mol. The second-order valence-electron chi connectivity index (χ2n) is 6.96. The summed E-state index contributed by atoms with van der Waals surface area (Å²) in [6, 6.07) is 10.4. The molecule has 0 saturated carbocycles. The Labute approximate surface area is 167 Å². The van der Waals surface area contributed by atoms with Crippen molar-refractivity contribution in [2.45, 2.75) is 30.6 Å².